The third kappa shape index (κ3) is 5.05. The number of amides is 1. The lowest BCUT2D eigenvalue weighted by Gasteiger charge is -2.24. The number of carbonyl (C=O) groups is 1. The number of nitrogens with zero attached hydrogens (tertiary/aromatic N) is 6. The highest BCUT2D eigenvalue weighted by atomic mass is 16.1. The lowest BCUT2D eigenvalue weighted by atomic mass is 9.87. The highest BCUT2D eigenvalue weighted by Crippen LogP contribution is 2.32. The first-order valence-corrected chi connectivity index (χ1v) is 11.3. The third-order valence-electron chi connectivity index (χ3n) is 6.05. The van der Waals surface area contributed by atoms with Crippen molar-refractivity contribution in [2.75, 3.05) is 5.32 Å². The SMILES string of the molecule is Cc1cnc(Nc2cnn([C@H]3CC[C@@H](C#N)CC3)c2)nc1-c1ccccc1C(=O)N[C@@H](C)C#N. The zero-order valence-electron chi connectivity index (χ0n) is 19.2. The van der Waals surface area contributed by atoms with Gasteiger partial charge >= 0.3 is 0 Å². The summed E-state index contributed by atoms with van der Waals surface area (Å²) in [7, 11) is 0. The van der Waals surface area contributed by atoms with Crippen molar-refractivity contribution in [3.8, 4) is 23.4 Å². The van der Waals surface area contributed by atoms with Gasteiger partial charge in [-0.05, 0) is 51.2 Å². The zero-order valence-corrected chi connectivity index (χ0v) is 19.2. The van der Waals surface area contributed by atoms with Crippen molar-refractivity contribution in [2.45, 2.75) is 51.6 Å². The second-order valence-corrected chi connectivity index (χ2v) is 8.56. The predicted molar refractivity (Wildman–Crippen MR) is 127 cm³/mol. The maximum Gasteiger partial charge on any atom is 0.252 e. The van der Waals surface area contributed by atoms with E-state index in [9.17, 15) is 4.79 Å². The number of anilines is 2. The molecule has 1 fully saturated rings. The third-order valence-corrected chi connectivity index (χ3v) is 6.05. The normalized spacial score (nSPS) is 18.4. The van der Waals surface area contributed by atoms with Gasteiger partial charge in [0, 0.05) is 29.4 Å². The van der Waals surface area contributed by atoms with Gasteiger partial charge in [0.05, 0.1) is 35.8 Å². The van der Waals surface area contributed by atoms with Gasteiger partial charge in [-0.1, -0.05) is 18.2 Å². The molecule has 0 bridgehead atoms. The minimum atomic E-state index is -0.601. The Morgan fingerprint density at radius 2 is 1.94 bits per heavy atom. The fourth-order valence-corrected chi connectivity index (χ4v) is 4.17. The van der Waals surface area contributed by atoms with E-state index in [2.05, 4.69) is 31.8 Å². The number of hydrogen-bond donors (Lipinski definition) is 2. The number of nitrogens with one attached hydrogen (secondary N) is 2. The van der Waals surface area contributed by atoms with Crippen LogP contribution in [0.25, 0.3) is 11.3 Å². The Morgan fingerprint density at radius 3 is 2.68 bits per heavy atom. The molecule has 1 amide bonds. The Kier molecular flexibility index (Phi) is 6.84. The van der Waals surface area contributed by atoms with E-state index >= 15 is 0 Å². The van der Waals surface area contributed by atoms with Gasteiger partial charge in [-0.25, -0.2) is 9.97 Å². The second kappa shape index (κ2) is 10.1. The van der Waals surface area contributed by atoms with E-state index in [1.165, 1.54) is 0 Å². The summed E-state index contributed by atoms with van der Waals surface area (Å²) in [6.45, 7) is 3.52. The summed E-state index contributed by atoms with van der Waals surface area (Å²) < 4.78 is 1.95. The van der Waals surface area contributed by atoms with Crippen molar-refractivity contribution in [3.63, 3.8) is 0 Å². The standard InChI is InChI=1S/C25H26N8O/c1-16-13-28-25(31-19-14-29-33(15-19)20-9-7-18(12-27)8-10-20)32-23(16)21-5-3-4-6-22(21)24(34)30-17(2)11-26/h3-6,13-15,17-18,20H,7-10H2,1-2H3,(H,30,34)(H,28,31,32)/t17-,18-,20+/m0/s1. The van der Waals surface area contributed by atoms with Crippen molar-refractivity contribution in [2.24, 2.45) is 5.92 Å². The summed E-state index contributed by atoms with van der Waals surface area (Å²) in [4.78, 5) is 21.8. The quantitative estimate of drug-likeness (QED) is 0.568. The molecule has 172 valence electrons. The minimum absolute atomic E-state index is 0.150. The van der Waals surface area contributed by atoms with Crippen LogP contribution in [-0.2, 0) is 0 Å². The van der Waals surface area contributed by atoms with E-state index in [1.807, 2.05) is 36.0 Å². The fraction of sp³-hybridized carbons (Fsp3) is 0.360. The van der Waals surface area contributed by atoms with Gasteiger partial charge in [0.25, 0.3) is 5.91 Å². The van der Waals surface area contributed by atoms with Crippen LogP contribution in [0.15, 0.2) is 42.9 Å². The Hall–Kier alpha value is -4.24. The predicted octanol–water partition coefficient (Wildman–Crippen LogP) is 4.29. The van der Waals surface area contributed by atoms with Gasteiger partial charge in [-0.3, -0.25) is 9.48 Å². The van der Waals surface area contributed by atoms with E-state index in [0.717, 1.165) is 36.9 Å². The molecule has 2 N–H and O–H groups in total. The van der Waals surface area contributed by atoms with Crippen LogP contribution in [-0.4, -0.2) is 31.7 Å². The van der Waals surface area contributed by atoms with E-state index in [1.54, 1.807) is 31.5 Å². The number of aryl methyl sites for hydroxylation is 1. The number of aromatic nitrogens is 4. The zero-order chi connectivity index (χ0) is 24.1. The Morgan fingerprint density at radius 1 is 1.18 bits per heavy atom. The van der Waals surface area contributed by atoms with Crippen molar-refractivity contribution in [3.05, 3.63) is 54.0 Å². The smallest absolute Gasteiger partial charge is 0.252 e. The Labute approximate surface area is 198 Å². The molecular weight excluding hydrogens is 428 g/mol. The molecule has 2 aromatic heterocycles. The molecule has 1 atom stereocenters. The number of nitriles is 2. The molecule has 4 rings (SSSR count). The molecule has 3 aromatic rings. The molecule has 2 heterocycles. The molecule has 0 saturated heterocycles. The summed E-state index contributed by atoms with van der Waals surface area (Å²) in [6, 6.07) is 11.2. The summed E-state index contributed by atoms with van der Waals surface area (Å²) >= 11 is 0. The van der Waals surface area contributed by atoms with Gasteiger partial charge in [0.15, 0.2) is 0 Å². The van der Waals surface area contributed by atoms with Crippen LogP contribution < -0.4 is 10.6 Å². The molecular formula is C25H26N8O. The monoisotopic (exact) mass is 454 g/mol. The number of rotatable bonds is 6. The average Bonchev–Trinajstić information content (AvgIpc) is 3.33. The molecule has 0 aliphatic heterocycles. The highest BCUT2D eigenvalue weighted by Gasteiger charge is 2.23. The van der Waals surface area contributed by atoms with Crippen molar-refractivity contribution in [1.29, 1.82) is 10.5 Å². The van der Waals surface area contributed by atoms with Crippen LogP contribution in [0.3, 0.4) is 0 Å². The van der Waals surface area contributed by atoms with Crippen LogP contribution in [0.2, 0.25) is 0 Å². The summed E-state index contributed by atoms with van der Waals surface area (Å²) in [5.74, 6) is 0.218. The van der Waals surface area contributed by atoms with Crippen molar-refractivity contribution >= 4 is 17.5 Å². The summed E-state index contributed by atoms with van der Waals surface area (Å²) in [6.07, 6.45) is 9.06. The number of benzene rings is 1. The second-order valence-electron chi connectivity index (χ2n) is 8.56. The van der Waals surface area contributed by atoms with E-state index in [4.69, 9.17) is 10.5 Å². The first kappa shape index (κ1) is 22.9. The average molecular weight is 455 g/mol. The molecule has 0 spiro atoms. The van der Waals surface area contributed by atoms with Crippen molar-refractivity contribution < 1.29 is 4.79 Å². The molecule has 0 radical (unpaired) electrons. The fourth-order valence-electron chi connectivity index (χ4n) is 4.17. The van der Waals surface area contributed by atoms with Crippen LogP contribution >= 0.6 is 0 Å². The van der Waals surface area contributed by atoms with Crippen LogP contribution in [0.4, 0.5) is 11.6 Å². The minimum Gasteiger partial charge on any atom is -0.337 e. The van der Waals surface area contributed by atoms with Crippen LogP contribution in [0, 0.1) is 35.5 Å². The summed E-state index contributed by atoms with van der Waals surface area (Å²) in [5, 5.41) is 28.5. The number of carbonyl (C=O) groups excluding carboxylic acids is 1. The van der Waals surface area contributed by atoms with E-state index in [0.29, 0.717) is 22.8 Å². The lowest BCUT2D eigenvalue weighted by Crippen LogP contribution is -2.31. The van der Waals surface area contributed by atoms with Gasteiger partial charge < -0.3 is 10.6 Å². The van der Waals surface area contributed by atoms with Crippen LogP contribution in [0.5, 0.6) is 0 Å². The lowest BCUT2D eigenvalue weighted by molar-refractivity contribution is 0.0948. The molecule has 1 aromatic carbocycles. The topological polar surface area (TPSA) is 132 Å². The number of hydrogen-bond acceptors (Lipinski definition) is 7. The maximum absolute atomic E-state index is 12.7. The molecule has 9 nitrogen and oxygen atoms in total. The Balaban J connectivity index is 1.55. The van der Waals surface area contributed by atoms with Gasteiger partial charge in [0.2, 0.25) is 5.95 Å². The first-order valence-electron chi connectivity index (χ1n) is 11.3. The first-order chi connectivity index (χ1) is 16.5. The van der Waals surface area contributed by atoms with Gasteiger partial charge in [-0.15, -0.1) is 0 Å². The molecule has 9 heteroatoms. The van der Waals surface area contributed by atoms with Crippen molar-refractivity contribution in [1.82, 2.24) is 25.1 Å². The van der Waals surface area contributed by atoms with Gasteiger partial charge in [0.1, 0.15) is 6.04 Å². The van der Waals surface area contributed by atoms with Crippen LogP contribution in [0.1, 0.15) is 54.6 Å². The molecule has 1 saturated carbocycles. The molecule has 1 aliphatic rings. The maximum atomic E-state index is 12.7. The molecule has 1 aliphatic carbocycles. The largest absolute Gasteiger partial charge is 0.337 e. The molecule has 34 heavy (non-hydrogen) atoms. The van der Waals surface area contributed by atoms with E-state index in [-0.39, 0.29) is 17.9 Å². The summed E-state index contributed by atoms with van der Waals surface area (Å²) in [5.41, 5.74) is 3.33. The highest BCUT2D eigenvalue weighted by molar-refractivity contribution is 6.01. The Bertz CT molecular complexity index is 1260. The molecule has 0 unspecified atom stereocenters. The van der Waals surface area contributed by atoms with Gasteiger partial charge in [-0.2, -0.15) is 15.6 Å². The van der Waals surface area contributed by atoms with E-state index < -0.39 is 6.04 Å².